The van der Waals surface area contributed by atoms with Crippen molar-refractivity contribution >= 4 is 17.5 Å². The van der Waals surface area contributed by atoms with E-state index in [2.05, 4.69) is 11.8 Å². The summed E-state index contributed by atoms with van der Waals surface area (Å²) in [6, 6.07) is 4.00. The van der Waals surface area contributed by atoms with Crippen LogP contribution in [0.2, 0.25) is 0 Å². The molecule has 2 nitrogen and oxygen atoms in total. The molecule has 3 rings (SSSR count). The Balaban J connectivity index is 1.84. The summed E-state index contributed by atoms with van der Waals surface area (Å²) < 4.78 is 5.39. The van der Waals surface area contributed by atoms with E-state index in [1.807, 2.05) is 26.0 Å². The predicted octanol–water partition coefficient (Wildman–Crippen LogP) is 4.17. The van der Waals surface area contributed by atoms with Crippen LogP contribution in [0.25, 0.3) is 0 Å². The molecule has 2 aliphatic heterocycles. The zero-order valence-electron chi connectivity index (χ0n) is 12.4. The highest BCUT2D eigenvalue weighted by molar-refractivity contribution is 8.00. The molecule has 0 N–H and O–H groups in total. The lowest BCUT2D eigenvalue weighted by atomic mass is 9.89. The fourth-order valence-electron chi connectivity index (χ4n) is 3.72. The number of ether oxygens (including phenoxy) is 1. The van der Waals surface area contributed by atoms with E-state index in [1.165, 1.54) is 12.8 Å². The molecule has 0 amide bonds. The molecule has 2 bridgehead atoms. The van der Waals surface area contributed by atoms with Crippen molar-refractivity contribution in [2.45, 2.75) is 50.0 Å². The number of hydrogen-bond acceptors (Lipinski definition) is 3. The maximum absolute atomic E-state index is 12.8. The number of rotatable bonds is 3. The summed E-state index contributed by atoms with van der Waals surface area (Å²) in [5.41, 5.74) is 2.99. The summed E-state index contributed by atoms with van der Waals surface area (Å²) in [4.78, 5) is 12.8. The second-order valence-electron chi connectivity index (χ2n) is 6.13. The molecule has 0 aromatic heterocycles. The molecule has 0 spiro atoms. The Morgan fingerprint density at radius 2 is 1.70 bits per heavy atom. The van der Waals surface area contributed by atoms with Gasteiger partial charge in [0.1, 0.15) is 5.75 Å². The smallest absolute Gasteiger partial charge is 0.166 e. The zero-order valence-corrected chi connectivity index (χ0v) is 13.3. The van der Waals surface area contributed by atoms with Gasteiger partial charge in [-0.2, -0.15) is 11.8 Å². The van der Waals surface area contributed by atoms with Gasteiger partial charge in [0, 0.05) is 22.0 Å². The molecule has 3 heteroatoms. The predicted molar refractivity (Wildman–Crippen MR) is 83.9 cm³/mol. The minimum Gasteiger partial charge on any atom is -0.496 e. The van der Waals surface area contributed by atoms with E-state index in [-0.39, 0.29) is 5.92 Å². The van der Waals surface area contributed by atoms with Gasteiger partial charge in [0.15, 0.2) is 5.78 Å². The first-order chi connectivity index (χ1) is 9.58. The minimum absolute atomic E-state index is 0.237. The van der Waals surface area contributed by atoms with Crippen molar-refractivity contribution in [1.82, 2.24) is 0 Å². The van der Waals surface area contributed by atoms with Gasteiger partial charge in [-0.1, -0.05) is 0 Å². The number of carbonyl (C=O) groups excluding carboxylic acids is 1. The topological polar surface area (TPSA) is 26.3 Å². The largest absolute Gasteiger partial charge is 0.496 e. The van der Waals surface area contributed by atoms with Crippen molar-refractivity contribution in [1.29, 1.82) is 0 Å². The van der Waals surface area contributed by atoms with E-state index < -0.39 is 0 Å². The van der Waals surface area contributed by atoms with Crippen LogP contribution in [0.3, 0.4) is 0 Å². The van der Waals surface area contributed by atoms with E-state index in [0.717, 1.165) is 45.8 Å². The quantitative estimate of drug-likeness (QED) is 0.782. The number of aryl methyl sites for hydroxylation is 2. The number of methoxy groups -OCH3 is 1. The first-order valence-electron chi connectivity index (χ1n) is 7.43. The molecule has 108 valence electrons. The number of ketones is 1. The van der Waals surface area contributed by atoms with Crippen LogP contribution in [0, 0.1) is 19.8 Å². The van der Waals surface area contributed by atoms with Gasteiger partial charge < -0.3 is 4.74 Å². The molecule has 2 atom stereocenters. The van der Waals surface area contributed by atoms with Crippen LogP contribution in [0.4, 0.5) is 0 Å². The Labute approximate surface area is 125 Å². The molecule has 2 saturated heterocycles. The second kappa shape index (κ2) is 5.44. The highest BCUT2D eigenvalue weighted by Gasteiger charge is 2.38. The summed E-state index contributed by atoms with van der Waals surface area (Å²) in [5, 5.41) is 1.45. The highest BCUT2D eigenvalue weighted by Crippen LogP contribution is 2.46. The van der Waals surface area contributed by atoms with Gasteiger partial charge in [-0.05, 0) is 62.8 Å². The minimum atomic E-state index is 0.237. The standard InChI is InChI=1S/C17H22O2S/c1-10-6-12(7-11(2)17(10)19-3)16(18)13-8-14-4-5-15(9-13)20-14/h6-7,13-15H,4-5,8-9H2,1-3H3. The number of hydrogen-bond donors (Lipinski definition) is 0. The molecule has 2 fully saturated rings. The molecule has 1 aromatic carbocycles. The lowest BCUT2D eigenvalue weighted by Gasteiger charge is -2.26. The SMILES string of the molecule is COc1c(C)cc(C(=O)C2CC3CCC(C2)S3)cc1C. The van der Waals surface area contributed by atoms with Gasteiger partial charge in [-0.15, -0.1) is 0 Å². The van der Waals surface area contributed by atoms with Crippen LogP contribution in [0.5, 0.6) is 5.75 Å². The first-order valence-corrected chi connectivity index (χ1v) is 8.37. The molecule has 0 aliphatic carbocycles. The maximum atomic E-state index is 12.8. The number of Topliss-reactive ketones (excluding diaryl/α,β-unsaturated/α-hetero) is 1. The second-order valence-corrected chi connectivity index (χ2v) is 7.74. The summed E-state index contributed by atoms with van der Waals surface area (Å²) >= 11 is 2.11. The summed E-state index contributed by atoms with van der Waals surface area (Å²) in [7, 11) is 1.69. The molecule has 2 unspecified atom stereocenters. The van der Waals surface area contributed by atoms with Crippen molar-refractivity contribution in [3.8, 4) is 5.75 Å². The highest BCUT2D eigenvalue weighted by atomic mass is 32.2. The zero-order chi connectivity index (χ0) is 14.3. The van der Waals surface area contributed by atoms with Crippen molar-refractivity contribution in [2.75, 3.05) is 7.11 Å². The molecular formula is C17H22O2S. The molecular weight excluding hydrogens is 268 g/mol. The third kappa shape index (κ3) is 2.48. The molecule has 0 radical (unpaired) electrons. The number of benzene rings is 1. The number of thioether (sulfide) groups is 1. The van der Waals surface area contributed by atoms with Crippen LogP contribution in [-0.4, -0.2) is 23.4 Å². The van der Waals surface area contributed by atoms with Gasteiger partial charge in [-0.25, -0.2) is 0 Å². The Morgan fingerprint density at radius 3 is 2.20 bits per heavy atom. The molecule has 20 heavy (non-hydrogen) atoms. The van der Waals surface area contributed by atoms with Crippen LogP contribution in [-0.2, 0) is 0 Å². The average molecular weight is 290 g/mol. The van der Waals surface area contributed by atoms with Crippen molar-refractivity contribution in [3.05, 3.63) is 28.8 Å². The third-order valence-corrected chi connectivity index (χ3v) is 6.24. The molecule has 2 heterocycles. The Hall–Kier alpha value is -0.960. The average Bonchev–Trinajstić information content (AvgIpc) is 2.76. The van der Waals surface area contributed by atoms with E-state index in [1.54, 1.807) is 7.11 Å². The molecule has 2 aliphatic rings. The van der Waals surface area contributed by atoms with Gasteiger partial charge in [0.2, 0.25) is 0 Å². The lowest BCUT2D eigenvalue weighted by Crippen LogP contribution is -2.25. The van der Waals surface area contributed by atoms with Gasteiger partial charge in [0.25, 0.3) is 0 Å². The van der Waals surface area contributed by atoms with Crippen molar-refractivity contribution in [3.63, 3.8) is 0 Å². The Kier molecular flexibility index (Phi) is 3.80. The first kappa shape index (κ1) is 14.0. The van der Waals surface area contributed by atoms with Crippen LogP contribution in [0.1, 0.15) is 47.2 Å². The molecule has 1 aromatic rings. The maximum Gasteiger partial charge on any atom is 0.166 e. The van der Waals surface area contributed by atoms with E-state index in [9.17, 15) is 4.79 Å². The van der Waals surface area contributed by atoms with Crippen LogP contribution >= 0.6 is 11.8 Å². The summed E-state index contributed by atoms with van der Waals surface area (Å²) in [6.07, 6.45) is 4.76. The Morgan fingerprint density at radius 1 is 1.15 bits per heavy atom. The fraction of sp³-hybridized carbons (Fsp3) is 0.588. The normalized spacial score (nSPS) is 28.4. The van der Waals surface area contributed by atoms with Crippen LogP contribution in [0.15, 0.2) is 12.1 Å². The Bertz CT molecular complexity index is 503. The van der Waals surface area contributed by atoms with E-state index >= 15 is 0 Å². The number of fused-ring (bicyclic) bond motifs is 2. The summed E-state index contributed by atoms with van der Waals surface area (Å²) in [5.74, 6) is 1.48. The third-order valence-electron chi connectivity index (χ3n) is 4.61. The van der Waals surface area contributed by atoms with Gasteiger partial charge in [-0.3, -0.25) is 4.79 Å². The van der Waals surface area contributed by atoms with Crippen LogP contribution < -0.4 is 4.74 Å². The number of carbonyl (C=O) groups is 1. The van der Waals surface area contributed by atoms with E-state index in [0.29, 0.717) is 5.78 Å². The van der Waals surface area contributed by atoms with Gasteiger partial charge >= 0.3 is 0 Å². The van der Waals surface area contributed by atoms with Gasteiger partial charge in [0.05, 0.1) is 7.11 Å². The van der Waals surface area contributed by atoms with Crippen molar-refractivity contribution < 1.29 is 9.53 Å². The monoisotopic (exact) mass is 290 g/mol. The molecule has 0 saturated carbocycles. The summed E-state index contributed by atoms with van der Waals surface area (Å²) in [6.45, 7) is 4.03. The van der Waals surface area contributed by atoms with Crippen molar-refractivity contribution in [2.24, 2.45) is 5.92 Å². The van der Waals surface area contributed by atoms with E-state index in [4.69, 9.17) is 4.74 Å². The lowest BCUT2D eigenvalue weighted by molar-refractivity contribution is 0.0906. The fourth-order valence-corrected chi connectivity index (χ4v) is 5.50.